The van der Waals surface area contributed by atoms with Gasteiger partial charge in [0.05, 0.1) is 0 Å². The van der Waals surface area contributed by atoms with Crippen molar-refractivity contribution < 1.29 is 0 Å². The van der Waals surface area contributed by atoms with Crippen molar-refractivity contribution in [2.24, 2.45) is 0 Å². The van der Waals surface area contributed by atoms with E-state index in [4.69, 9.17) is 0 Å². The molecule has 0 saturated heterocycles. The van der Waals surface area contributed by atoms with Gasteiger partial charge in [-0.1, -0.05) is 31.2 Å². The number of anilines is 1. The van der Waals surface area contributed by atoms with Crippen molar-refractivity contribution in [2.75, 3.05) is 5.32 Å². The van der Waals surface area contributed by atoms with E-state index in [1.54, 1.807) is 0 Å². The van der Waals surface area contributed by atoms with E-state index in [9.17, 15) is 0 Å². The molecule has 0 aliphatic rings. The molecule has 0 amide bonds. The Hall–Kier alpha value is -1.83. The van der Waals surface area contributed by atoms with Crippen molar-refractivity contribution in [3.05, 3.63) is 59.4 Å². The number of nitrogens with zero attached hydrogens (tertiary/aromatic N) is 1. The molecule has 0 spiro atoms. The third-order valence-corrected chi connectivity index (χ3v) is 3.28. The molecule has 2 aromatic rings. The fraction of sp³-hybridized carbons (Fsp3) is 0.312. The Kier molecular flexibility index (Phi) is 3.98. The van der Waals surface area contributed by atoms with Crippen LogP contribution in [0.1, 0.15) is 36.6 Å². The molecule has 0 bridgehead atoms. The van der Waals surface area contributed by atoms with Gasteiger partial charge in [-0.05, 0) is 43.0 Å². The Morgan fingerprint density at radius 2 is 1.89 bits per heavy atom. The summed E-state index contributed by atoms with van der Waals surface area (Å²) in [6, 6.07) is 11.1. The van der Waals surface area contributed by atoms with Crippen LogP contribution in [0.25, 0.3) is 0 Å². The van der Waals surface area contributed by atoms with E-state index in [-0.39, 0.29) is 0 Å². The number of aryl methyl sites for hydroxylation is 2. The monoisotopic (exact) mass is 240 g/mol. The zero-order valence-electron chi connectivity index (χ0n) is 11.3. The van der Waals surface area contributed by atoms with Crippen LogP contribution in [0.4, 0.5) is 5.69 Å². The minimum absolute atomic E-state index is 0.303. The molecule has 1 heterocycles. The molecule has 2 heteroatoms. The summed E-state index contributed by atoms with van der Waals surface area (Å²) in [5, 5.41) is 3.52. The van der Waals surface area contributed by atoms with Gasteiger partial charge in [0.15, 0.2) is 0 Å². The van der Waals surface area contributed by atoms with Crippen molar-refractivity contribution in [1.82, 2.24) is 4.98 Å². The van der Waals surface area contributed by atoms with Crippen LogP contribution < -0.4 is 5.32 Å². The number of nitrogens with one attached hydrogen (secondary N) is 1. The molecule has 2 rings (SSSR count). The van der Waals surface area contributed by atoms with Gasteiger partial charge in [-0.25, -0.2) is 0 Å². The molecule has 0 saturated carbocycles. The van der Waals surface area contributed by atoms with Crippen LogP contribution in [0, 0.1) is 6.92 Å². The average molecular weight is 240 g/mol. The van der Waals surface area contributed by atoms with Crippen molar-refractivity contribution in [2.45, 2.75) is 33.2 Å². The van der Waals surface area contributed by atoms with Crippen LogP contribution in [-0.4, -0.2) is 4.98 Å². The first kappa shape index (κ1) is 12.6. The highest BCUT2D eigenvalue weighted by Gasteiger charge is 2.06. The van der Waals surface area contributed by atoms with E-state index in [0.717, 1.165) is 12.1 Å². The number of aromatic nitrogens is 1. The predicted molar refractivity (Wildman–Crippen MR) is 76.8 cm³/mol. The van der Waals surface area contributed by atoms with Crippen LogP contribution in [-0.2, 0) is 6.42 Å². The molecule has 1 N–H and O–H groups in total. The standard InChI is InChI=1S/C16H20N2/c1-4-14-5-7-15(8-6-14)13(3)18-16-9-10-17-11-12(16)2/h5-11,13H,4H2,1-3H3,(H,17,18). The molecular weight excluding hydrogens is 220 g/mol. The topological polar surface area (TPSA) is 24.9 Å². The Balaban J connectivity index is 2.11. The molecule has 2 nitrogen and oxygen atoms in total. The normalized spacial score (nSPS) is 12.2. The molecule has 0 radical (unpaired) electrons. The van der Waals surface area contributed by atoms with Crippen molar-refractivity contribution in [3.8, 4) is 0 Å². The van der Waals surface area contributed by atoms with Gasteiger partial charge in [0, 0.05) is 24.1 Å². The van der Waals surface area contributed by atoms with Gasteiger partial charge in [0.1, 0.15) is 0 Å². The zero-order chi connectivity index (χ0) is 13.0. The van der Waals surface area contributed by atoms with E-state index >= 15 is 0 Å². The highest BCUT2D eigenvalue weighted by atomic mass is 14.9. The summed E-state index contributed by atoms with van der Waals surface area (Å²) < 4.78 is 0. The maximum absolute atomic E-state index is 4.11. The van der Waals surface area contributed by atoms with Crippen LogP contribution in [0.5, 0.6) is 0 Å². The predicted octanol–water partition coefficient (Wildman–Crippen LogP) is 4.13. The Morgan fingerprint density at radius 1 is 1.17 bits per heavy atom. The highest BCUT2D eigenvalue weighted by Crippen LogP contribution is 2.21. The number of benzene rings is 1. The summed E-state index contributed by atoms with van der Waals surface area (Å²) >= 11 is 0. The van der Waals surface area contributed by atoms with Gasteiger partial charge in [-0.15, -0.1) is 0 Å². The second-order valence-electron chi connectivity index (χ2n) is 4.65. The van der Waals surface area contributed by atoms with Crippen LogP contribution in [0.3, 0.4) is 0 Å². The largest absolute Gasteiger partial charge is 0.378 e. The third kappa shape index (κ3) is 2.89. The first-order valence-electron chi connectivity index (χ1n) is 6.46. The van der Waals surface area contributed by atoms with Gasteiger partial charge in [-0.3, -0.25) is 4.98 Å². The molecule has 0 fully saturated rings. The quantitative estimate of drug-likeness (QED) is 0.869. The molecule has 1 aromatic heterocycles. The van der Waals surface area contributed by atoms with Crippen LogP contribution >= 0.6 is 0 Å². The summed E-state index contributed by atoms with van der Waals surface area (Å²) in [5.74, 6) is 0. The lowest BCUT2D eigenvalue weighted by atomic mass is 10.0. The summed E-state index contributed by atoms with van der Waals surface area (Å²) in [6.07, 6.45) is 4.79. The van der Waals surface area contributed by atoms with Gasteiger partial charge in [0.25, 0.3) is 0 Å². The number of rotatable bonds is 4. The third-order valence-electron chi connectivity index (χ3n) is 3.28. The fourth-order valence-electron chi connectivity index (χ4n) is 1.99. The number of pyridine rings is 1. The van der Waals surface area contributed by atoms with E-state index < -0.39 is 0 Å². The zero-order valence-corrected chi connectivity index (χ0v) is 11.3. The molecule has 1 unspecified atom stereocenters. The molecular formula is C16H20N2. The van der Waals surface area contributed by atoms with E-state index in [1.807, 2.05) is 18.5 Å². The average Bonchev–Trinajstić information content (AvgIpc) is 2.41. The summed E-state index contributed by atoms with van der Waals surface area (Å²) in [4.78, 5) is 4.11. The van der Waals surface area contributed by atoms with Gasteiger partial charge < -0.3 is 5.32 Å². The van der Waals surface area contributed by atoms with Gasteiger partial charge in [0.2, 0.25) is 0 Å². The lowest BCUT2D eigenvalue weighted by molar-refractivity contribution is 0.879. The molecule has 18 heavy (non-hydrogen) atoms. The van der Waals surface area contributed by atoms with Gasteiger partial charge in [-0.2, -0.15) is 0 Å². The first-order chi connectivity index (χ1) is 8.70. The maximum Gasteiger partial charge on any atom is 0.0485 e. The van der Waals surface area contributed by atoms with Crippen LogP contribution in [0.15, 0.2) is 42.7 Å². The number of hydrogen-bond donors (Lipinski definition) is 1. The van der Waals surface area contributed by atoms with Crippen LogP contribution in [0.2, 0.25) is 0 Å². The first-order valence-corrected chi connectivity index (χ1v) is 6.46. The lowest BCUT2D eigenvalue weighted by Crippen LogP contribution is -2.07. The summed E-state index contributed by atoms with van der Waals surface area (Å²) in [7, 11) is 0. The minimum atomic E-state index is 0.303. The second kappa shape index (κ2) is 5.67. The molecule has 0 aliphatic carbocycles. The molecule has 94 valence electrons. The Morgan fingerprint density at radius 3 is 2.50 bits per heavy atom. The smallest absolute Gasteiger partial charge is 0.0485 e. The molecule has 1 aromatic carbocycles. The summed E-state index contributed by atoms with van der Waals surface area (Å²) in [5.41, 5.74) is 5.01. The van der Waals surface area contributed by atoms with Crippen molar-refractivity contribution >= 4 is 5.69 Å². The minimum Gasteiger partial charge on any atom is -0.378 e. The highest BCUT2D eigenvalue weighted by molar-refractivity contribution is 5.50. The molecule has 1 atom stereocenters. The lowest BCUT2D eigenvalue weighted by Gasteiger charge is -2.17. The maximum atomic E-state index is 4.11. The Bertz CT molecular complexity index is 503. The SMILES string of the molecule is CCc1ccc(C(C)Nc2ccncc2C)cc1. The molecule has 0 aliphatic heterocycles. The van der Waals surface area contributed by atoms with E-state index in [2.05, 4.69) is 55.3 Å². The fourth-order valence-corrected chi connectivity index (χ4v) is 1.99. The van der Waals surface area contributed by atoms with Crippen molar-refractivity contribution in [1.29, 1.82) is 0 Å². The van der Waals surface area contributed by atoms with Crippen molar-refractivity contribution in [3.63, 3.8) is 0 Å². The van der Waals surface area contributed by atoms with E-state index in [1.165, 1.54) is 16.7 Å². The Labute approximate surface area is 109 Å². The second-order valence-corrected chi connectivity index (χ2v) is 4.65. The van der Waals surface area contributed by atoms with Gasteiger partial charge >= 0.3 is 0 Å². The van der Waals surface area contributed by atoms with E-state index in [0.29, 0.717) is 6.04 Å². The number of hydrogen-bond acceptors (Lipinski definition) is 2. The summed E-state index contributed by atoms with van der Waals surface area (Å²) in [6.45, 7) is 6.43.